The van der Waals surface area contributed by atoms with E-state index >= 15 is 0 Å². The van der Waals surface area contributed by atoms with Crippen molar-refractivity contribution in [3.05, 3.63) is 61.5 Å². The van der Waals surface area contributed by atoms with Crippen LogP contribution >= 0.6 is 11.3 Å². The Balaban J connectivity index is 1.39. The second kappa shape index (κ2) is 8.75. The van der Waals surface area contributed by atoms with Crippen LogP contribution in [-0.4, -0.2) is 27.9 Å². The van der Waals surface area contributed by atoms with E-state index in [9.17, 15) is 14.4 Å². The molecule has 2 heterocycles. The van der Waals surface area contributed by atoms with Gasteiger partial charge in [-0.3, -0.25) is 19.0 Å². The van der Waals surface area contributed by atoms with E-state index in [1.165, 1.54) is 15.8 Å². The van der Waals surface area contributed by atoms with Crippen LogP contribution in [0.1, 0.15) is 56.8 Å². The number of carbonyl (C=O) groups is 2. The Bertz CT molecular complexity index is 1240. The fraction of sp³-hybridized carbons (Fsp3) is 0.417. The summed E-state index contributed by atoms with van der Waals surface area (Å²) in [5, 5.41) is 0.705. The maximum Gasteiger partial charge on any atom is 0.308 e. The molecule has 4 rings (SSSR count). The molecule has 3 aromatic rings. The lowest BCUT2D eigenvalue weighted by Crippen LogP contribution is -2.23. The Labute approximate surface area is 184 Å². The van der Waals surface area contributed by atoms with Gasteiger partial charge in [0.15, 0.2) is 6.61 Å². The van der Waals surface area contributed by atoms with E-state index in [1.807, 2.05) is 32.9 Å². The van der Waals surface area contributed by atoms with Gasteiger partial charge >= 0.3 is 5.97 Å². The molecule has 0 unspecified atom stereocenters. The zero-order valence-corrected chi connectivity index (χ0v) is 18.9. The molecule has 0 radical (unpaired) electrons. The van der Waals surface area contributed by atoms with Crippen LogP contribution in [0.3, 0.4) is 0 Å². The molecule has 0 spiro atoms. The van der Waals surface area contributed by atoms with Crippen molar-refractivity contribution in [3.8, 4) is 0 Å². The van der Waals surface area contributed by atoms with Crippen LogP contribution in [0.25, 0.3) is 10.2 Å². The third-order valence-corrected chi connectivity index (χ3v) is 7.20. The van der Waals surface area contributed by atoms with Gasteiger partial charge in [0.25, 0.3) is 5.56 Å². The molecule has 0 N–H and O–H groups in total. The molecule has 6 nitrogen and oxygen atoms in total. The van der Waals surface area contributed by atoms with Crippen LogP contribution in [0.2, 0.25) is 0 Å². The van der Waals surface area contributed by atoms with Crippen LogP contribution < -0.4 is 5.56 Å². The average molecular weight is 439 g/mol. The number of benzene rings is 1. The molecule has 162 valence electrons. The summed E-state index contributed by atoms with van der Waals surface area (Å²) in [6, 6.07) is 3.80. The summed E-state index contributed by atoms with van der Waals surface area (Å²) < 4.78 is 6.66. The number of rotatable bonds is 6. The van der Waals surface area contributed by atoms with Crippen molar-refractivity contribution < 1.29 is 14.3 Å². The lowest BCUT2D eigenvalue weighted by molar-refractivity contribution is -0.142. The third kappa shape index (κ3) is 4.32. The van der Waals surface area contributed by atoms with E-state index < -0.39 is 5.97 Å². The molecule has 0 saturated heterocycles. The topological polar surface area (TPSA) is 78.3 Å². The molecule has 7 heteroatoms. The number of Topliss-reactive ketones (excluding diaryl/α,β-unsaturated/α-hetero) is 1. The number of aryl methyl sites for hydroxylation is 6. The van der Waals surface area contributed by atoms with Gasteiger partial charge in [0.2, 0.25) is 5.78 Å². The number of esters is 1. The number of fused-ring (bicyclic) bond motifs is 3. The quantitative estimate of drug-likeness (QED) is 0.428. The van der Waals surface area contributed by atoms with Gasteiger partial charge in [-0.2, -0.15) is 0 Å². The lowest BCUT2D eigenvalue weighted by Gasteiger charge is -2.11. The molecule has 2 aromatic heterocycles. The first-order valence-electron chi connectivity index (χ1n) is 10.6. The van der Waals surface area contributed by atoms with Crippen LogP contribution in [0.5, 0.6) is 0 Å². The number of ketones is 1. The molecule has 31 heavy (non-hydrogen) atoms. The number of nitrogens with zero attached hydrogens (tertiary/aromatic N) is 2. The molecule has 1 aliphatic rings. The zero-order chi connectivity index (χ0) is 22.1. The number of carbonyl (C=O) groups excluding carboxylic acids is 2. The van der Waals surface area contributed by atoms with E-state index in [2.05, 4.69) is 4.98 Å². The first kappa shape index (κ1) is 21.4. The number of thiophene rings is 1. The molecule has 1 aliphatic carbocycles. The van der Waals surface area contributed by atoms with Crippen molar-refractivity contribution in [2.45, 2.75) is 59.4 Å². The predicted molar refractivity (Wildman–Crippen MR) is 121 cm³/mol. The second-order valence-corrected chi connectivity index (χ2v) is 9.30. The summed E-state index contributed by atoms with van der Waals surface area (Å²) in [4.78, 5) is 44.1. The maximum atomic E-state index is 12.9. The van der Waals surface area contributed by atoms with Gasteiger partial charge in [-0.25, -0.2) is 4.98 Å². The molecule has 1 aromatic carbocycles. The largest absolute Gasteiger partial charge is 0.457 e. The Morgan fingerprint density at radius 1 is 1.10 bits per heavy atom. The van der Waals surface area contributed by atoms with Crippen molar-refractivity contribution in [2.75, 3.05) is 6.61 Å². The molecule has 0 amide bonds. The molecule has 0 aliphatic heterocycles. The Morgan fingerprint density at radius 2 is 1.84 bits per heavy atom. The van der Waals surface area contributed by atoms with Gasteiger partial charge in [0.1, 0.15) is 4.83 Å². The highest BCUT2D eigenvalue weighted by Crippen LogP contribution is 2.33. The highest BCUT2D eigenvalue weighted by atomic mass is 32.1. The Kier molecular flexibility index (Phi) is 6.05. The molecule has 0 bridgehead atoms. The number of hydrogen-bond acceptors (Lipinski definition) is 6. The van der Waals surface area contributed by atoms with E-state index in [0.29, 0.717) is 10.9 Å². The molecular weight excluding hydrogens is 412 g/mol. The summed E-state index contributed by atoms with van der Waals surface area (Å²) in [5.74, 6) is -0.728. The summed E-state index contributed by atoms with van der Waals surface area (Å²) >= 11 is 1.61. The standard InChI is InChI=1S/C24H26N2O4S/c1-14-10-16(3)18(11-15(14)2)19(27)12-30-21(28)8-9-26-13-25-23-22(24(26)29)17-6-4-5-7-20(17)31-23/h10-11,13H,4-9,12H2,1-3H3. The summed E-state index contributed by atoms with van der Waals surface area (Å²) in [6.07, 6.45) is 5.68. The number of aromatic nitrogens is 2. The number of ether oxygens (including phenoxy) is 1. The van der Waals surface area contributed by atoms with Crippen molar-refractivity contribution in [2.24, 2.45) is 0 Å². The predicted octanol–water partition coefficient (Wildman–Crippen LogP) is 4.08. The Morgan fingerprint density at radius 3 is 2.65 bits per heavy atom. The van der Waals surface area contributed by atoms with Crippen molar-refractivity contribution in [1.82, 2.24) is 9.55 Å². The van der Waals surface area contributed by atoms with E-state index in [-0.39, 0.29) is 30.9 Å². The van der Waals surface area contributed by atoms with Gasteiger partial charge in [-0.05, 0) is 74.8 Å². The fourth-order valence-corrected chi connectivity index (χ4v) is 5.33. The van der Waals surface area contributed by atoms with Gasteiger partial charge < -0.3 is 4.74 Å². The van der Waals surface area contributed by atoms with Crippen molar-refractivity contribution >= 4 is 33.3 Å². The average Bonchev–Trinajstić information content (AvgIpc) is 3.13. The van der Waals surface area contributed by atoms with Crippen molar-refractivity contribution in [1.29, 1.82) is 0 Å². The SMILES string of the molecule is Cc1cc(C)c(C(=O)COC(=O)CCn2cnc3sc4c(c3c2=O)CCCC4)cc1C. The van der Waals surface area contributed by atoms with Gasteiger partial charge in [-0.1, -0.05) is 6.07 Å². The number of hydrogen-bond donors (Lipinski definition) is 0. The minimum Gasteiger partial charge on any atom is -0.457 e. The Hall–Kier alpha value is -2.80. The highest BCUT2D eigenvalue weighted by molar-refractivity contribution is 7.18. The van der Waals surface area contributed by atoms with Crippen LogP contribution in [0.15, 0.2) is 23.3 Å². The molecular formula is C24H26N2O4S. The van der Waals surface area contributed by atoms with Crippen LogP contribution in [-0.2, 0) is 28.9 Å². The normalized spacial score (nSPS) is 13.3. The monoisotopic (exact) mass is 438 g/mol. The van der Waals surface area contributed by atoms with Gasteiger partial charge in [0, 0.05) is 17.0 Å². The molecule has 0 atom stereocenters. The second-order valence-electron chi connectivity index (χ2n) is 8.22. The molecule has 0 fully saturated rings. The maximum absolute atomic E-state index is 12.9. The minimum absolute atomic E-state index is 0.0125. The van der Waals surface area contributed by atoms with E-state index in [0.717, 1.165) is 52.8 Å². The highest BCUT2D eigenvalue weighted by Gasteiger charge is 2.20. The minimum atomic E-state index is -0.505. The fourth-order valence-electron chi connectivity index (χ4n) is 4.11. The first-order valence-corrected chi connectivity index (χ1v) is 11.4. The van der Waals surface area contributed by atoms with Gasteiger partial charge in [-0.15, -0.1) is 11.3 Å². The van der Waals surface area contributed by atoms with Gasteiger partial charge in [0.05, 0.1) is 18.1 Å². The zero-order valence-electron chi connectivity index (χ0n) is 18.1. The lowest BCUT2D eigenvalue weighted by atomic mass is 9.97. The molecule has 0 saturated carbocycles. The smallest absolute Gasteiger partial charge is 0.308 e. The van der Waals surface area contributed by atoms with Crippen LogP contribution in [0, 0.1) is 20.8 Å². The van der Waals surface area contributed by atoms with E-state index in [1.54, 1.807) is 11.3 Å². The van der Waals surface area contributed by atoms with E-state index in [4.69, 9.17) is 4.74 Å². The summed E-state index contributed by atoms with van der Waals surface area (Å²) in [6.45, 7) is 5.70. The van der Waals surface area contributed by atoms with Crippen LogP contribution in [0.4, 0.5) is 0 Å². The third-order valence-electron chi connectivity index (χ3n) is 6.00. The summed E-state index contributed by atoms with van der Waals surface area (Å²) in [7, 11) is 0. The summed E-state index contributed by atoms with van der Waals surface area (Å²) in [5.41, 5.74) is 4.62. The first-order chi connectivity index (χ1) is 14.8. The van der Waals surface area contributed by atoms with Crippen molar-refractivity contribution in [3.63, 3.8) is 0 Å².